The summed E-state index contributed by atoms with van der Waals surface area (Å²) in [6.07, 6.45) is 1.63. The molecule has 0 aliphatic carbocycles. The number of anilines is 1. The molecule has 1 amide bonds. The van der Waals surface area contributed by atoms with Gasteiger partial charge in [-0.2, -0.15) is 0 Å². The van der Waals surface area contributed by atoms with Gasteiger partial charge in [0.1, 0.15) is 5.66 Å². The lowest BCUT2D eigenvalue weighted by Crippen LogP contribution is -2.68. The number of rotatable bonds is 1. The Hall–Kier alpha value is -1.51. The first-order valence-corrected chi connectivity index (χ1v) is 7.12. The second kappa shape index (κ2) is 3.75. The number of amides is 1. The lowest BCUT2D eigenvalue weighted by Gasteiger charge is -2.48. The van der Waals surface area contributed by atoms with Crippen molar-refractivity contribution in [3.8, 4) is 0 Å². The summed E-state index contributed by atoms with van der Waals surface area (Å²) < 4.78 is 0. The van der Waals surface area contributed by atoms with Gasteiger partial charge >= 0.3 is 0 Å². The smallest absolute Gasteiger partial charge is 0.223 e. The number of hydrogen-bond acceptors (Lipinski definition) is 2. The van der Waals surface area contributed by atoms with E-state index in [9.17, 15) is 4.79 Å². The molecule has 1 fully saturated rings. The maximum absolute atomic E-state index is 11.8. The normalized spacial score (nSPS) is 27.8. The zero-order valence-corrected chi connectivity index (χ0v) is 12.2. The molecule has 2 aliphatic rings. The maximum Gasteiger partial charge on any atom is 0.223 e. The molecule has 2 aliphatic heterocycles. The minimum Gasteiger partial charge on any atom is -0.347 e. The minimum absolute atomic E-state index is 0.0798. The van der Waals surface area contributed by atoms with E-state index in [-0.39, 0.29) is 17.0 Å². The molecule has 1 N–H and O–H groups in total. The minimum atomic E-state index is -0.309. The molecule has 0 radical (unpaired) electrons. The molecule has 1 saturated heterocycles. The molecule has 1 aromatic rings. The molecule has 3 nitrogen and oxygen atoms in total. The van der Waals surface area contributed by atoms with Gasteiger partial charge in [-0.1, -0.05) is 32.9 Å². The first-order valence-electron chi connectivity index (χ1n) is 7.12. The van der Waals surface area contributed by atoms with Crippen molar-refractivity contribution in [3.63, 3.8) is 0 Å². The molecule has 3 rings (SSSR count). The van der Waals surface area contributed by atoms with Crippen LogP contribution in [0.25, 0.3) is 0 Å². The summed E-state index contributed by atoms with van der Waals surface area (Å²) in [6, 6.07) is 6.74. The molecule has 1 unspecified atom stereocenters. The van der Waals surface area contributed by atoms with Gasteiger partial charge in [-0.25, -0.2) is 0 Å². The summed E-state index contributed by atoms with van der Waals surface area (Å²) >= 11 is 0. The summed E-state index contributed by atoms with van der Waals surface area (Å²) in [6.45, 7) is 9.61. The van der Waals surface area contributed by atoms with Gasteiger partial charge in [-0.05, 0) is 30.5 Å². The van der Waals surface area contributed by atoms with Crippen molar-refractivity contribution in [1.29, 1.82) is 0 Å². The van der Waals surface area contributed by atoms with E-state index >= 15 is 0 Å². The molecule has 19 heavy (non-hydrogen) atoms. The van der Waals surface area contributed by atoms with Gasteiger partial charge in [0.05, 0.1) is 0 Å². The zero-order chi connectivity index (χ0) is 13.8. The molecule has 2 heterocycles. The number of aryl methyl sites for hydroxylation is 1. The van der Waals surface area contributed by atoms with Gasteiger partial charge in [-0.15, -0.1) is 0 Å². The van der Waals surface area contributed by atoms with Gasteiger partial charge < -0.3 is 10.2 Å². The van der Waals surface area contributed by atoms with Gasteiger partial charge in [0.2, 0.25) is 5.91 Å². The summed E-state index contributed by atoms with van der Waals surface area (Å²) in [7, 11) is 0. The first kappa shape index (κ1) is 12.5. The highest BCUT2D eigenvalue weighted by molar-refractivity contribution is 5.83. The Balaban J connectivity index is 2.18. The van der Waals surface area contributed by atoms with E-state index in [0.717, 1.165) is 13.0 Å². The van der Waals surface area contributed by atoms with Crippen LogP contribution in [-0.2, 0) is 16.6 Å². The van der Waals surface area contributed by atoms with Crippen molar-refractivity contribution < 1.29 is 4.79 Å². The Morgan fingerprint density at radius 2 is 2.05 bits per heavy atom. The second-order valence-corrected chi connectivity index (χ2v) is 6.35. The van der Waals surface area contributed by atoms with Gasteiger partial charge in [0.25, 0.3) is 0 Å². The highest BCUT2D eigenvalue weighted by Crippen LogP contribution is 2.51. The number of benzene rings is 1. The molecule has 0 aromatic heterocycles. The molecule has 0 bridgehead atoms. The van der Waals surface area contributed by atoms with Crippen LogP contribution in [0, 0.1) is 0 Å². The van der Waals surface area contributed by atoms with Crippen LogP contribution in [0.5, 0.6) is 0 Å². The Morgan fingerprint density at radius 3 is 2.74 bits per heavy atom. The topological polar surface area (TPSA) is 32.3 Å². The van der Waals surface area contributed by atoms with Crippen LogP contribution in [0.15, 0.2) is 18.2 Å². The Kier molecular flexibility index (Phi) is 2.47. The monoisotopic (exact) mass is 258 g/mol. The van der Waals surface area contributed by atoms with E-state index in [1.165, 1.54) is 16.8 Å². The lowest BCUT2D eigenvalue weighted by atomic mass is 9.75. The highest BCUT2D eigenvalue weighted by atomic mass is 16.2. The SMILES string of the molecule is CCc1ccc2c(c1)C(C)(C)C1(C)NC(=O)CCN21. The predicted octanol–water partition coefficient (Wildman–Crippen LogP) is 2.58. The van der Waals surface area contributed by atoms with Crippen LogP contribution in [0.4, 0.5) is 5.69 Å². The summed E-state index contributed by atoms with van der Waals surface area (Å²) in [5, 5.41) is 3.22. The van der Waals surface area contributed by atoms with Crippen LogP contribution >= 0.6 is 0 Å². The number of carbonyl (C=O) groups excluding carboxylic acids is 1. The number of hydrogen-bond donors (Lipinski definition) is 1. The summed E-state index contributed by atoms with van der Waals surface area (Å²) in [4.78, 5) is 14.2. The Morgan fingerprint density at radius 1 is 1.32 bits per heavy atom. The van der Waals surface area contributed by atoms with E-state index < -0.39 is 0 Å². The van der Waals surface area contributed by atoms with Crippen molar-refractivity contribution in [2.75, 3.05) is 11.4 Å². The van der Waals surface area contributed by atoms with Crippen LogP contribution in [0.3, 0.4) is 0 Å². The van der Waals surface area contributed by atoms with Crippen molar-refractivity contribution in [1.82, 2.24) is 5.32 Å². The average Bonchev–Trinajstić information content (AvgIpc) is 2.54. The van der Waals surface area contributed by atoms with Crippen LogP contribution < -0.4 is 10.2 Å². The molecule has 0 saturated carbocycles. The summed E-state index contributed by atoms with van der Waals surface area (Å²) in [5.41, 5.74) is 3.61. The van der Waals surface area contributed by atoms with E-state index in [1.54, 1.807) is 0 Å². The number of nitrogens with one attached hydrogen (secondary N) is 1. The molecule has 1 atom stereocenters. The summed E-state index contributed by atoms with van der Waals surface area (Å²) in [5.74, 6) is 0.162. The molecular formula is C16H22N2O. The molecule has 102 valence electrons. The third-order valence-corrected chi connectivity index (χ3v) is 5.14. The number of fused-ring (bicyclic) bond motifs is 3. The number of carbonyl (C=O) groups is 1. The van der Waals surface area contributed by atoms with Crippen LogP contribution in [0.2, 0.25) is 0 Å². The Bertz CT molecular complexity index is 550. The van der Waals surface area contributed by atoms with Crippen molar-refractivity contribution >= 4 is 11.6 Å². The predicted molar refractivity (Wildman–Crippen MR) is 77.4 cm³/mol. The Labute approximate surface area is 115 Å². The lowest BCUT2D eigenvalue weighted by molar-refractivity contribution is -0.125. The average molecular weight is 258 g/mol. The highest BCUT2D eigenvalue weighted by Gasteiger charge is 2.56. The van der Waals surface area contributed by atoms with E-state index in [0.29, 0.717) is 6.42 Å². The van der Waals surface area contributed by atoms with Gasteiger partial charge in [0.15, 0.2) is 0 Å². The third-order valence-electron chi connectivity index (χ3n) is 5.14. The van der Waals surface area contributed by atoms with E-state index in [2.05, 4.69) is 56.1 Å². The van der Waals surface area contributed by atoms with Crippen molar-refractivity contribution in [2.45, 2.75) is 51.6 Å². The number of nitrogens with zero attached hydrogens (tertiary/aromatic N) is 1. The zero-order valence-electron chi connectivity index (χ0n) is 12.2. The first-order chi connectivity index (χ1) is 8.90. The van der Waals surface area contributed by atoms with Crippen molar-refractivity contribution in [2.24, 2.45) is 0 Å². The fourth-order valence-corrected chi connectivity index (χ4v) is 3.49. The second-order valence-electron chi connectivity index (χ2n) is 6.35. The van der Waals surface area contributed by atoms with E-state index in [4.69, 9.17) is 0 Å². The van der Waals surface area contributed by atoms with Gasteiger partial charge in [-0.3, -0.25) is 4.79 Å². The van der Waals surface area contributed by atoms with Crippen molar-refractivity contribution in [3.05, 3.63) is 29.3 Å². The quantitative estimate of drug-likeness (QED) is 0.839. The fourth-order valence-electron chi connectivity index (χ4n) is 3.49. The van der Waals surface area contributed by atoms with Gasteiger partial charge in [0, 0.05) is 24.1 Å². The molecule has 3 heteroatoms. The largest absolute Gasteiger partial charge is 0.347 e. The van der Waals surface area contributed by atoms with Crippen LogP contribution in [-0.4, -0.2) is 18.1 Å². The molecule has 0 spiro atoms. The molecular weight excluding hydrogens is 236 g/mol. The standard InChI is InChI=1S/C16H22N2O/c1-5-11-6-7-13-12(10-11)15(2,3)16(4)17-14(19)8-9-18(13)16/h6-7,10H,5,8-9H2,1-4H3,(H,17,19). The molecule has 1 aromatic carbocycles. The maximum atomic E-state index is 11.8. The van der Waals surface area contributed by atoms with Crippen LogP contribution in [0.1, 0.15) is 45.2 Å². The fraction of sp³-hybridized carbons (Fsp3) is 0.562. The van der Waals surface area contributed by atoms with E-state index in [1.807, 2.05) is 0 Å². The third kappa shape index (κ3) is 1.47.